The van der Waals surface area contributed by atoms with Crippen LogP contribution in [0.1, 0.15) is 20.7 Å². The van der Waals surface area contributed by atoms with Gasteiger partial charge < -0.3 is 0 Å². The van der Waals surface area contributed by atoms with Crippen molar-refractivity contribution < 1.29 is 9.59 Å². The number of benzene rings is 1. The molecule has 0 fully saturated rings. The number of nitrogens with zero attached hydrogens (tertiary/aromatic N) is 4. The lowest BCUT2D eigenvalue weighted by Crippen LogP contribution is -2.38. The Morgan fingerprint density at radius 3 is 1.26 bits per heavy atom. The van der Waals surface area contributed by atoms with Gasteiger partial charge in [-0.1, -0.05) is 0 Å². The Morgan fingerprint density at radius 1 is 0.618 bits per heavy atom. The van der Waals surface area contributed by atoms with Crippen molar-refractivity contribution >= 4 is 33.4 Å². The molecule has 12 heteroatoms. The number of nitrogens with one attached hydrogen (secondary N) is 2. The first-order chi connectivity index (χ1) is 16.4. The van der Waals surface area contributed by atoms with Gasteiger partial charge in [-0.3, -0.25) is 49.6 Å². The molecule has 0 saturated carbocycles. The van der Waals surface area contributed by atoms with E-state index in [0.29, 0.717) is 9.35 Å². The number of rotatable bonds is 4. The van der Waals surface area contributed by atoms with Crippen molar-refractivity contribution in [2.75, 3.05) is 10.9 Å². The molecule has 0 spiro atoms. The highest BCUT2D eigenvalue weighted by Gasteiger charge is 2.21. The van der Waals surface area contributed by atoms with Crippen LogP contribution < -0.4 is 33.1 Å². The van der Waals surface area contributed by atoms with Gasteiger partial charge in [0, 0.05) is 24.8 Å². The smallest absolute Gasteiger partial charge is 0.267 e. The summed E-state index contributed by atoms with van der Waals surface area (Å²) >= 11 is 0. The van der Waals surface area contributed by atoms with Gasteiger partial charge in [0.1, 0.15) is 0 Å². The molecular weight excluding hydrogens is 444 g/mol. The molecule has 0 aliphatic rings. The van der Waals surface area contributed by atoms with Crippen LogP contribution in [0.2, 0.25) is 0 Å². The molecule has 4 aromatic heterocycles. The number of hydrogen-bond acceptors (Lipinski definition) is 8. The molecule has 4 heterocycles. The third kappa shape index (κ3) is 3.17. The van der Waals surface area contributed by atoms with Crippen molar-refractivity contribution in [3.05, 3.63) is 114 Å². The molecule has 34 heavy (non-hydrogen) atoms. The first-order valence-corrected chi connectivity index (χ1v) is 9.74. The van der Waals surface area contributed by atoms with Gasteiger partial charge in [-0.2, -0.15) is 9.35 Å². The second-order valence-electron chi connectivity index (χ2n) is 7.20. The molecule has 0 atom stereocenters. The highest BCUT2D eigenvalue weighted by Crippen LogP contribution is 2.14. The van der Waals surface area contributed by atoms with Crippen molar-refractivity contribution in [3.63, 3.8) is 0 Å². The molecule has 0 aliphatic carbocycles. The summed E-state index contributed by atoms with van der Waals surface area (Å²) in [7, 11) is 0. The maximum Gasteiger partial charge on any atom is 0.280 e. The van der Waals surface area contributed by atoms with Gasteiger partial charge in [0.2, 0.25) is 0 Å². The molecule has 1 aromatic carbocycles. The second kappa shape index (κ2) is 7.70. The van der Waals surface area contributed by atoms with Crippen LogP contribution in [-0.2, 0) is 0 Å². The van der Waals surface area contributed by atoms with Crippen LogP contribution >= 0.6 is 0 Å². The number of hydrogen-bond donors (Lipinski definition) is 2. The number of carbonyl (C=O) groups excluding carboxylic acids is 2. The zero-order chi connectivity index (χ0) is 24.0. The quantitative estimate of drug-likeness (QED) is 0.365. The third-order valence-corrected chi connectivity index (χ3v) is 5.17. The minimum Gasteiger partial charge on any atom is -0.267 e. The molecule has 166 valence electrons. The SMILES string of the molecule is O=C(Nn1c(=O)c2cc3c(=O)n(NC(=O)c4cccnc4)c(=O)c3cc2c1=O)c1cccnc1. The predicted octanol–water partition coefficient (Wildman–Crippen LogP) is -0.530. The van der Waals surface area contributed by atoms with Gasteiger partial charge in [0.05, 0.1) is 32.7 Å². The second-order valence-corrected chi connectivity index (χ2v) is 7.20. The van der Waals surface area contributed by atoms with E-state index in [9.17, 15) is 28.8 Å². The Kier molecular flexibility index (Phi) is 4.68. The topological polar surface area (TPSA) is 162 Å². The molecule has 0 radical (unpaired) electrons. The summed E-state index contributed by atoms with van der Waals surface area (Å²) in [6, 6.07) is 8.10. The zero-order valence-electron chi connectivity index (χ0n) is 17.0. The number of carbonyl (C=O) groups is 2. The summed E-state index contributed by atoms with van der Waals surface area (Å²) in [5, 5.41) is -0.678. The largest absolute Gasteiger partial charge is 0.280 e. The molecule has 2 N–H and O–H groups in total. The molecule has 0 saturated heterocycles. The van der Waals surface area contributed by atoms with Crippen molar-refractivity contribution in [2.45, 2.75) is 0 Å². The minimum absolute atomic E-state index is 0.118. The van der Waals surface area contributed by atoms with Crippen LogP contribution in [0.5, 0.6) is 0 Å². The van der Waals surface area contributed by atoms with Crippen LogP contribution in [0.25, 0.3) is 21.5 Å². The minimum atomic E-state index is -0.877. The Morgan fingerprint density at radius 2 is 0.971 bits per heavy atom. The Labute approximate surface area is 187 Å². The summed E-state index contributed by atoms with van der Waals surface area (Å²) in [5.74, 6) is -1.49. The van der Waals surface area contributed by atoms with Gasteiger partial charge >= 0.3 is 0 Å². The third-order valence-electron chi connectivity index (χ3n) is 5.17. The molecule has 0 aliphatic heterocycles. The van der Waals surface area contributed by atoms with Gasteiger partial charge in [0.15, 0.2) is 0 Å². The lowest BCUT2D eigenvalue weighted by Gasteiger charge is -2.03. The summed E-state index contributed by atoms with van der Waals surface area (Å²) in [6.45, 7) is 0. The van der Waals surface area contributed by atoms with Gasteiger partial charge in [-0.25, -0.2) is 0 Å². The Bertz CT molecular complexity index is 1610. The first-order valence-electron chi connectivity index (χ1n) is 9.74. The monoisotopic (exact) mass is 456 g/mol. The number of aromatic nitrogens is 4. The van der Waals surface area contributed by atoms with Crippen molar-refractivity contribution in [1.29, 1.82) is 0 Å². The van der Waals surface area contributed by atoms with E-state index in [-0.39, 0.29) is 32.7 Å². The summed E-state index contributed by atoms with van der Waals surface area (Å²) in [5.41, 5.74) is 1.14. The van der Waals surface area contributed by atoms with Crippen LogP contribution in [0.15, 0.2) is 80.4 Å². The van der Waals surface area contributed by atoms with E-state index in [0.717, 1.165) is 12.1 Å². The van der Waals surface area contributed by atoms with E-state index in [4.69, 9.17) is 0 Å². The molecule has 12 nitrogen and oxygen atoms in total. The van der Waals surface area contributed by atoms with E-state index >= 15 is 0 Å². The van der Waals surface area contributed by atoms with Crippen molar-refractivity contribution in [3.8, 4) is 0 Å². The molecule has 5 aromatic rings. The zero-order valence-corrected chi connectivity index (χ0v) is 17.0. The molecule has 5 rings (SSSR count). The van der Waals surface area contributed by atoms with Crippen molar-refractivity contribution in [2.24, 2.45) is 0 Å². The summed E-state index contributed by atoms with van der Waals surface area (Å²) in [6.07, 6.45) is 5.43. The standard InChI is InChI=1S/C22H12N6O6/c29-17(11-3-1-5-23-9-11)25-27-19(31)13-7-15-16(8-14(13)20(27)32)22(34)28(21(15)33)26-18(30)12-4-2-6-24-10-12/h1-10H,(H,25,29)(H,26,30). The van der Waals surface area contributed by atoms with E-state index in [1.54, 1.807) is 0 Å². The van der Waals surface area contributed by atoms with Crippen LogP contribution in [0.4, 0.5) is 0 Å². The van der Waals surface area contributed by atoms with Gasteiger partial charge in [-0.05, 0) is 36.4 Å². The van der Waals surface area contributed by atoms with E-state index in [1.165, 1.54) is 49.1 Å². The molecule has 2 amide bonds. The van der Waals surface area contributed by atoms with E-state index < -0.39 is 34.1 Å². The van der Waals surface area contributed by atoms with Gasteiger partial charge in [0.25, 0.3) is 34.1 Å². The highest BCUT2D eigenvalue weighted by atomic mass is 16.2. The maximum atomic E-state index is 12.8. The van der Waals surface area contributed by atoms with E-state index in [1.807, 2.05) is 0 Å². The van der Waals surface area contributed by atoms with Crippen molar-refractivity contribution in [1.82, 2.24) is 19.3 Å². The van der Waals surface area contributed by atoms with Crippen LogP contribution in [0, 0.1) is 0 Å². The van der Waals surface area contributed by atoms with Crippen LogP contribution in [0.3, 0.4) is 0 Å². The Hall–Kier alpha value is -5.26. The molecule has 0 bridgehead atoms. The summed E-state index contributed by atoms with van der Waals surface area (Å²) < 4.78 is 1.01. The number of pyridine rings is 2. The fourth-order valence-electron chi connectivity index (χ4n) is 3.50. The lowest BCUT2D eigenvalue weighted by atomic mass is 10.1. The molecular formula is C22H12N6O6. The number of amides is 2. The fourth-order valence-corrected chi connectivity index (χ4v) is 3.50. The van der Waals surface area contributed by atoms with E-state index in [2.05, 4.69) is 20.8 Å². The number of fused-ring (bicyclic) bond motifs is 2. The normalized spacial score (nSPS) is 11.1. The fraction of sp³-hybridized carbons (Fsp3) is 0. The maximum absolute atomic E-state index is 12.8. The summed E-state index contributed by atoms with van der Waals surface area (Å²) in [4.78, 5) is 83.5. The van der Waals surface area contributed by atoms with Gasteiger partial charge in [-0.15, -0.1) is 0 Å². The average molecular weight is 456 g/mol. The average Bonchev–Trinajstić information content (AvgIpc) is 3.24. The molecule has 0 unspecified atom stereocenters. The Balaban J connectivity index is 1.59. The van der Waals surface area contributed by atoms with Crippen LogP contribution in [-0.4, -0.2) is 31.1 Å². The lowest BCUT2D eigenvalue weighted by molar-refractivity contribution is 0.0998. The predicted molar refractivity (Wildman–Crippen MR) is 121 cm³/mol. The first kappa shape index (κ1) is 20.6. The highest BCUT2D eigenvalue weighted by molar-refractivity contribution is 6.02.